The van der Waals surface area contributed by atoms with Gasteiger partial charge in [0.2, 0.25) is 5.91 Å². The van der Waals surface area contributed by atoms with Crippen LogP contribution in [0.3, 0.4) is 0 Å². The Balaban J connectivity index is 1.73. The van der Waals surface area contributed by atoms with Crippen molar-refractivity contribution in [3.8, 4) is 5.69 Å². The molecule has 1 heterocycles. The van der Waals surface area contributed by atoms with Gasteiger partial charge < -0.3 is 0 Å². The lowest BCUT2D eigenvalue weighted by Gasteiger charge is -2.07. The molecular weight excluding hydrogens is 348 g/mol. The highest BCUT2D eigenvalue weighted by Crippen LogP contribution is 2.28. The molecule has 114 valence electrons. The van der Waals surface area contributed by atoms with Crippen LogP contribution in [0.1, 0.15) is 28.9 Å². The van der Waals surface area contributed by atoms with Crippen LogP contribution >= 0.6 is 15.9 Å². The predicted octanol–water partition coefficient (Wildman–Crippen LogP) is 2.11. The van der Waals surface area contributed by atoms with Crippen LogP contribution in [0.5, 0.6) is 0 Å². The summed E-state index contributed by atoms with van der Waals surface area (Å²) in [6.07, 6.45) is 3.28. The Hall–Kier alpha value is -2.15. The van der Waals surface area contributed by atoms with Gasteiger partial charge >= 0.3 is 0 Å². The normalized spacial score (nSPS) is 13.7. The van der Waals surface area contributed by atoms with Crippen LogP contribution in [-0.2, 0) is 4.79 Å². The highest BCUT2D eigenvalue weighted by atomic mass is 79.9. The first kappa shape index (κ1) is 14.8. The average molecular weight is 363 g/mol. The molecule has 0 spiro atoms. The quantitative estimate of drug-likeness (QED) is 0.821. The third-order valence-corrected chi connectivity index (χ3v) is 4.10. The van der Waals surface area contributed by atoms with Crippen LogP contribution in [-0.4, -0.2) is 21.6 Å². The Morgan fingerprint density at radius 1 is 1.23 bits per heavy atom. The standard InChI is InChI=1S/C15H15BrN4O2/c1-9-13(15(22)19-18-14(21)10-2-3-10)8-17-20(9)12-6-4-11(16)5-7-12/h4-8,10H,2-3H2,1H3,(H,18,21)(H,19,22). The fourth-order valence-electron chi connectivity index (χ4n) is 2.11. The summed E-state index contributed by atoms with van der Waals surface area (Å²) in [5, 5.41) is 4.24. The highest BCUT2D eigenvalue weighted by Gasteiger charge is 2.30. The Kier molecular flexibility index (Phi) is 3.98. The van der Waals surface area contributed by atoms with Crippen molar-refractivity contribution in [2.45, 2.75) is 19.8 Å². The molecule has 1 aromatic heterocycles. The van der Waals surface area contributed by atoms with Crippen molar-refractivity contribution >= 4 is 27.7 Å². The second-order valence-electron chi connectivity index (χ2n) is 5.25. The molecule has 7 heteroatoms. The van der Waals surface area contributed by atoms with Crippen molar-refractivity contribution in [2.75, 3.05) is 0 Å². The zero-order valence-electron chi connectivity index (χ0n) is 12.0. The summed E-state index contributed by atoms with van der Waals surface area (Å²) >= 11 is 3.38. The molecule has 2 amide bonds. The lowest BCUT2D eigenvalue weighted by molar-refractivity contribution is -0.123. The van der Waals surface area contributed by atoms with Gasteiger partial charge in [-0.15, -0.1) is 0 Å². The van der Waals surface area contributed by atoms with Gasteiger partial charge in [-0.2, -0.15) is 5.10 Å². The molecule has 0 bridgehead atoms. The third kappa shape index (κ3) is 3.04. The average Bonchev–Trinajstić information content (AvgIpc) is 3.29. The highest BCUT2D eigenvalue weighted by molar-refractivity contribution is 9.10. The molecule has 6 nitrogen and oxygen atoms in total. The zero-order chi connectivity index (χ0) is 15.7. The molecular formula is C15H15BrN4O2. The summed E-state index contributed by atoms with van der Waals surface area (Å²) in [4.78, 5) is 23.7. The summed E-state index contributed by atoms with van der Waals surface area (Å²) in [6.45, 7) is 1.81. The lowest BCUT2D eigenvalue weighted by atomic mass is 10.2. The summed E-state index contributed by atoms with van der Waals surface area (Å²) < 4.78 is 2.66. The Morgan fingerprint density at radius 2 is 1.91 bits per heavy atom. The lowest BCUT2D eigenvalue weighted by Crippen LogP contribution is -2.42. The molecule has 0 atom stereocenters. The van der Waals surface area contributed by atoms with Crippen molar-refractivity contribution in [3.05, 3.63) is 46.2 Å². The molecule has 1 saturated carbocycles. The molecule has 0 radical (unpaired) electrons. The largest absolute Gasteiger partial charge is 0.273 e. The Morgan fingerprint density at radius 3 is 2.55 bits per heavy atom. The fourth-order valence-corrected chi connectivity index (χ4v) is 2.37. The summed E-state index contributed by atoms with van der Waals surface area (Å²) in [5.74, 6) is -0.451. The van der Waals surface area contributed by atoms with E-state index in [4.69, 9.17) is 0 Å². The second kappa shape index (κ2) is 5.92. The van der Waals surface area contributed by atoms with Gasteiger partial charge in [0.1, 0.15) is 0 Å². The van der Waals surface area contributed by atoms with Gasteiger partial charge in [-0.25, -0.2) is 4.68 Å². The molecule has 22 heavy (non-hydrogen) atoms. The van der Waals surface area contributed by atoms with Gasteiger partial charge in [0.15, 0.2) is 0 Å². The number of carbonyl (C=O) groups excluding carboxylic acids is 2. The molecule has 0 unspecified atom stereocenters. The molecule has 1 aliphatic carbocycles. The number of nitrogens with one attached hydrogen (secondary N) is 2. The molecule has 2 aromatic rings. The maximum Gasteiger partial charge on any atom is 0.273 e. The molecule has 1 aromatic carbocycles. The smallest absolute Gasteiger partial charge is 0.273 e. The van der Waals surface area contributed by atoms with Crippen LogP contribution in [0.4, 0.5) is 0 Å². The fraction of sp³-hybridized carbons (Fsp3) is 0.267. The van der Waals surface area contributed by atoms with Gasteiger partial charge in [-0.1, -0.05) is 15.9 Å². The minimum atomic E-state index is -0.366. The number of rotatable bonds is 3. The van der Waals surface area contributed by atoms with Crippen molar-refractivity contribution in [1.82, 2.24) is 20.6 Å². The summed E-state index contributed by atoms with van der Waals surface area (Å²) in [7, 11) is 0. The van der Waals surface area contributed by atoms with E-state index < -0.39 is 0 Å². The SMILES string of the molecule is Cc1c(C(=O)NNC(=O)C2CC2)cnn1-c1ccc(Br)cc1. The minimum Gasteiger partial charge on any atom is -0.273 e. The van der Waals surface area contributed by atoms with Gasteiger partial charge in [0.25, 0.3) is 5.91 Å². The molecule has 0 aliphatic heterocycles. The predicted molar refractivity (Wildman–Crippen MR) is 84.3 cm³/mol. The number of hydrogen-bond donors (Lipinski definition) is 2. The maximum atomic E-state index is 12.1. The first-order chi connectivity index (χ1) is 10.6. The van der Waals surface area contributed by atoms with E-state index in [-0.39, 0.29) is 17.7 Å². The summed E-state index contributed by atoms with van der Waals surface area (Å²) in [6, 6.07) is 7.62. The zero-order valence-corrected chi connectivity index (χ0v) is 13.6. The number of amides is 2. The monoisotopic (exact) mass is 362 g/mol. The number of aromatic nitrogens is 2. The van der Waals surface area contributed by atoms with Gasteiger partial charge in [-0.3, -0.25) is 20.4 Å². The van der Waals surface area contributed by atoms with E-state index in [1.165, 1.54) is 6.20 Å². The van der Waals surface area contributed by atoms with E-state index in [9.17, 15) is 9.59 Å². The number of carbonyl (C=O) groups is 2. The van der Waals surface area contributed by atoms with Crippen LogP contribution in [0.25, 0.3) is 5.69 Å². The first-order valence-corrected chi connectivity index (χ1v) is 7.76. The van der Waals surface area contributed by atoms with Gasteiger partial charge in [0, 0.05) is 10.4 Å². The van der Waals surface area contributed by atoms with E-state index in [1.54, 1.807) is 4.68 Å². The maximum absolute atomic E-state index is 12.1. The molecule has 2 N–H and O–H groups in total. The van der Waals surface area contributed by atoms with Gasteiger partial charge in [0.05, 0.1) is 23.1 Å². The van der Waals surface area contributed by atoms with Crippen LogP contribution in [0, 0.1) is 12.8 Å². The third-order valence-electron chi connectivity index (χ3n) is 3.57. The van der Waals surface area contributed by atoms with Crippen LogP contribution < -0.4 is 10.9 Å². The van der Waals surface area contributed by atoms with Crippen molar-refractivity contribution in [3.63, 3.8) is 0 Å². The number of benzene rings is 1. The molecule has 1 fully saturated rings. The van der Waals surface area contributed by atoms with E-state index in [2.05, 4.69) is 31.9 Å². The van der Waals surface area contributed by atoms with E-state index in [0.29, 0.717) is 11.3 Å². The van der Waals surface area contributed by atoms with Crippen molar-refractivity contribution in [1.29, 1.82) is 0 Å². The van der Waals surface area contributed by atoms with Crippen molar-refractivity contribution in [2.24, 2.45) is 5.92 Å². The summed E-state index contributed by atoms with van der Waals surface area (Å²) in [5.41, 5.74) is 6.88. The number of nitrogens with zero attached hydrogens (tertiary/aromatic N) is 2. The van der Waals surface area contributed by atoms with E-state index in [0.717, 1.165) is 23.0 Å². The molecule has 0 saturated heterocycles. The topological polar surface area (TPSA) is 76.0 Å². The first-order valence-electron chi connectivity index (χ1n) is 6.97. The molecule has 1 aliphatic rings. The Labute approximate surface area is 136 Å². The van der Waals surface area contributed by atoms with E-state index >= 15 is 0 Å². The second-order valence-corrected chi connectivity index (χ2v) is 6.17. The van der Waals surface area contributed by atoms with Crippen molar-refractivity contribution < 1.29 is 9.59 Å². The minimum absolute atomic E-state index is 0.0480. The van der Waals surface area contributed by atoms with Gasteiger partial charge in [-0.05, 0) is 44.0 Å². The van der Waals surface area contributed by atoms with Crippen LogP contribution in [0.2, 0.25) is 0 Å². The number of halogens is 1. The number of hydrogen-bond acceptors (Lipinski definition) is 3. The van der Waals surface area contributed by atoms with Crippen LogP contribution in [0.15, 0.2) is 34.9 Å². The number of hydrazine groups is 1. The molecule has 3 rings (SSSR count). The van der Waals surface area contributed by atoms with E-state index in [1.807, 2.05) is 31.2 Å². The Bertz CT molecular complexity index is 720.